The van der Waals surface area contributed by atoms with Crippen LogP contribution in [0.15, 0.2) is 22.5 Å². The van der Waals surface area contributed by atoms with Gasteiger partial charge in [-0.2, -0.15) is 0 Å². The summed E-state index contributed by atoms with van der Waals surface area (Å²) >= 11 is 1.75. The van der Waals surface area contributed by atoms with Crippen molar-refractivity contribution in [2.75, 3.05) is 20.3 Å². The predicted molar refractivity (Wildman–Crippen MR) is 109 cm³/mol. The Bertz CT molecular complexity index is 735. The number of aromatic nitrogens is 3. The summed E-state index contributed by atoms with van der Waals surface area (Å²) in [5.74, 6) is 2.59. The van der Waals surface area contributed by atoms with Gasteiger partial charge in [-0.25, -0.2) is 4.99 Å². The number of aliphatic imine (C=N–C) groups is 1. The summed E-state index contributed by atoms with van der Waals surface area (Å²) in [6.07, 6.45) is 4.91. The molecule has 148 valence electrons. The fraction of sp³-hybridized carbons (Fsp3) is 0.632. The van der Waals surface area contributed by atoms with Crippen LogP contribution in [0, 0.1) is 12.3 Å². The lowest BCUT2D eigenvalue weighted by atomic mass is 9.67. The van der Waals surface area contributed by atoms with Crippen LogP contribution in [0.2, 0.25) is 0 Å². The minimum Gasteiger partial charge on any atom is -0.385 e. The molecule has 8 heteroatoms. The molecule has 0 aromatic carbocycles. The number of methoxy groups -OCH3 is 1. The van der Waals surface area contributed by atoms with E-state index in [0.717, 1.165) is 43.7 Å². The van der Waals surface area contributed by atoms with Crippen molar-refractivity contribution in [2.24, 2.45) is 17.5 Å². The van der Waals surface area contributed by atoms with E-state index in [2.05, 4.69) is 38.3 Å². The van der Waals surface area contributed by atoms with Crippen LogP contribution in [-0.2, 0) is 24.9 Å². The first kappa shape index (κ1) is 19.8. The number of ether oxygens (including phenoxy) is 1. The maximum absolute atomic E-state index is 5.31. The molecule has 2 N–H and O–H groups in total. The number of hydrogen-bond donors (Lipinski definition) is 2. The van der Waals surface area contributed by atoms with E-state index in [1.807, 2.05) is 18.5 Å². The Labute approximate surface area is 165 Å². The second-order valence-corrected chi connectivity index (χ2v) is 8.30. The average Bonchev–Trinajstić information content (AvgIpc) is 3.27. The van der Waals surface area contributed by atoms with Crippen LogP contribution in [0.25, 0.3) is 0 Å². The molecular weight excluding hydrogens is 360 g/mol. The molecule has 1 saturated carbocycles. The van der Waals surface area contributed by atoms with Crippen molar-refractivity contribution in [3.63, 3.8) is 0 Å². The first-order valence-electron chi connectivity index (χ1n) is 9.50. The Morgan fingerprint density at radius 1 is 1.37 bits per heavy atom. The zero-order valence-corrected chi connectivity index (χ0v) is 17.3. The van der Waals surface area contributed by atoms with Crippen LogP contribution in [0.1, 0.15) is 42.2 Å². The summed E-state index contributed by atoms with van der Waals surface area (Å²) in [6.45, 7) is 4.96. The summed E-state index contributed by atoms with van der Waals surface area (Å²) in [6, 6.07) is 4.20. The number of rotatable bonds is 9. The summed E-state index contributed by atoms with van der Waals surface area (Å²) < 4.78 is 7.29. The molecule has 1 fully saturated rings. The fourth-order valence-corrected chi connectivity index (χ4v) is 3.92. The highest BCUT2D eigenvalue weighted by molar-refractivity contribution is 7.09. The van der Waals surface area contributed by atoms with Gasteiger partial charge in [-0.15, -0.1) is 21.5 Å². The van der Waals surface area contributed by atoms with E-state index in [-0.39, 0.29) is 0 Å². The minimum atomic E-state index is 0.336. The van der Waals surface area contributed by atoms with E-state index in [4.69, 9.17) is 9.73 Å². The molecule has 0 spiro atoms. The van der Waals surface area contributed by atoms with Crippen LogP contribution in [0.4, 0.5) is 0 Å². The molecule has 0 amide bonds. The van der Waals surface area contributed by atoms with Gasteiger partial charge in [0.2, 0.25) is 0 Å². The number of hydrogen-bond acceptors (Lipinski definition) is 5. The molecule has 2 heterocycles. The normalized spacial score (nSPS) is 16.2. The van der Waals surface area contributed by atoms with Crippen molar-refractivity contribution in [2.45, 2.75) is 45.7 Å². The van der Waals surface area contributed by atoms with Gasteiger partial charge in [0.25, 0.3) is 0 Å². The van der Waals surface area contributed by atoms with Crippen LogP contribution < -0.4 is 10.6 Å². The van der Waals surface area contributed by atoms with Gasteiger partial charge in [-0.05, 0) is 43.0 Å². The van der Waals surface area contributed by atoms with Crippen molar-refractivity contribution in [3.05, 3.63) is 34.0 Å². The lowest BCUT2D eigenvalue weighted by Crippen LogP contribution is -2.46. The van der Waals surface area contributed by atoms with Gasteiger partial charge in [-0.3, -0.25) is 0 Å². The molecule has 0 bridgehead atoms. The van der Waals surface area contributed by atoms with Crippen LogP contribution >= 0.6 is 11.3 Å². The third-order valence-electron chi connectivity index (χ3n) is 5.45. The average molecular weight is 391 g/mol. The van der Waals surface area contributed by atoms with Gasteiger partial charge >= 0.3 is 0 Å². The maximum atomic E-state index is 5.31. The summed E-state index contributed by atoms with van der Waals surface area (Å²) in [4.78, 5) is 6.04. The zero-order chi connectivity index (χ0) is 19.1. The van der Waals surface area contributed by atoms with Gasteiger partial charge in [0.05, 0.1) is 6.54 Å². The molecule has 0 aliphatic heterocycles. The van der Waals surface area contributed by atoms with E-state index in [1.54, 1.807) is 18.4 Å². The molecule has 0 radical (unpaired) electrons. The number of guanidine groups is 1. The third-order valence-corrected chi connectivity index (χ3v) is 6.33. The van der Waals surface area contributed by atoms with Gasteiger partial charge in [0.15, 0.2) is 11.8 Å². The Balaban J connectivity index is 1.63. The Morgan fingerprint density at radius 3 is 2.81 bits per heavy atom. The lowest BCUT2D eigenvalue weighted by molar-refractivity contribution is 0.0732. The van der Waals surface area contributed by atoms with Gasteiger partial charge in [0, 0.05) is 32.2 Å². The van der Waals surface area contributed by atoms with Crippen molar-refractivity contribution < 1.29 is 4.74 Å². The minimum absolute atomic E-state index is 0.336. The lowest BCUT2D eigenvalue weighted by Gasteiger charge is -2.42. The maximum Gasteiger partial charge on any atom is 0.192 e. The van der Waals surface area contributed by atoms with E-state index >= 15 is 0 Å². The number of nitrogens with zero attached hydrogens (tertiary/aromatic N) is 4. The highest BCUT2D eigenvalue weighted by Gasteiger charge is 2.36. The van der Waals surface area contributed by atoms with Crippen molar-refractivity contribution in [3.8, 4) is 0 Å². The zero-order valence-electron chi connectivity index (χ0n) is 16.5. The van der Waals surface area contributed by atoms with Crippen LogP contribution in [-0.4, -0.2) is 41.0 Å². The van der Waals surface area contributed by atoms with E-state index in [1.165, 1.54) is 24.1 Å². The first-order valence-corrected chi connectivity index (χ1v) is 10.4. The SMILES string of the molecule is COCCC1(CNC(=NCc2nnc(C)n2C)NCc2cccs2)CCC1. The molecule has 0 atom stereocenters. The van der Waals surface area contributed by atoms with E-state index in [9.17, 15) is 0 Å². The summed E-state index contributed by atoms with van der Waals surface area (Å²) in [5, 5.41) is 17.4. The van der Waals surface area contributed by atoms with Crippen molar-refractivity contribution >= 4 is 17.3 Å². The monoisotopic (exact) mass is 390 g/mol. The van der Waals surface area contributed by atoms with Crippen LogP contribution in [0.3, 0.4) is 0 Å². The fourth-order valence-electron chi connectivity index (χ4n) is 3.28. The third kappa shape index (κ3) is 5.29. The molecule has 0 unspecified atom stereocenters. The number of nitrogens with one attached hydrogen (secondary N) is 2. The molecule has 7 nitrogen and oxygen atoms in total. The highest BCUT2D eigenvalue weighted by Crippen LogP contribution is 2.43. The molecule has 1 aliphatic rings. The first-order chi connectivity index (χ1) is 13.1. The predicted octanol–water partition coefficient (Wildman–Crippen LogP) is 2.63. The number of aryl methyl sites for hydroxylation is 1. The van der Waals surface area contributed by atoms with E-state index in [0.29, 0.717) is 12.0 Å². The quantitative estimate of drug-likeness (QED) is 0.508. The van der Waals surface area contributed by atoms with Gasteiger partial charge < -0.3 is 19.9 Å². The largest absolute Gasteiger partial charge is 0.385 e. The topological polar surface area (TPSA) is 76.4 Å². The van der Waals surface area contributed by atoms with E-state index < -0.39 is 0 Å². The molecular formula is C19H30N6OS. The molecule has 3 rings (SSSR count). The summed E-state index contributed by atoms with van der Waals surface area (Å²) in [5.41, 5.74) is 0.336. The summed E-state index contributed by atoms with van der Waals surface area (Å²) in [7, 11) is 3.75. The smallest absolute Gasteiger partial charge is 0.192 e. The second-order valence-electron chi connectivity index (χ2n) is 7.27. The Kier molecular flexibility index (Phi) is 6.84. The molecule has 27 heavy (non-hydrogen) atoms. The van der Waals surface area contributed by atoms with Crippen molar-refractivity contribution in [1.82, 2.24) is 25.4 Å². The molecule has 0 saturated heterocycles. The standard InChI is InChI=1S/C19H30N6OS/c1-15-23-24-17(25(15)2)13-21-18(20-12-16-6-4-11-27-16)22-14-19(7-5-8-19)9-10-26-3/h4,6,11H,5,7-10,12-14H2,1-3H3,(H2,20,21,22). The molecule has 2 aromatic rings. The van der Waals surface area contributed by atoms with Crippen molar-refractivity contribution in [1.29, 1.82) is 0 Å². The van der Waals surface area contributed by atoms with Gasteiger partial charge in [-0.1, -0.05) is 12.5 Å². The Morgan fingerprint density at radius 2 is 2.22 bits per heavy atom. The molecule has 2 aromatic heterocycles. The number of thiophene rings is 1. The van der Waals surface area contributed by atoms with Crippen LogP contribution in [0.5, 0.6) is 0 Å². The van der Waals surface area contributed by atoms with Gasteiger partial charge in [0.1, 0.15) is 12.4 Å². The highest BCUT2D eigenvalue weighted by atomic mass is 32.1. The Hall–Kier alpha value is -1.93. The molecule has 1 aliphatic carbocycles. The second kappa shape index (κ2) is 9.32.